The van der Waals surface area contributed by atoms with Gasteiger partial charge in [-0.05, 0) is 55.7 Å². The molecule has 0 atom stereocenters. The zero-order chi connectivity index (χ0) is 23.1. The van der Waals surface area contributed by atoms with Crippen molar-refractivity contribution in [1.82, 2.24) is 24.7 Å². The van der Waals surface area contributed by atoms with Gasteiger partial charge in [0.25, 0.3) is 5.56 Å². The SMILES string of the molecule is Cc1ccc2nc(NC(=O)CSc3nc4c(cnn4-c4cccc(C)c4C)c(=O)[nH]3)sc2c1. The second-order valence-electron chi connectivity index (χ2n) is 7.71. The highest BCUT2D eigenvalue weighted by atomic mass is 32.2. The predicted octanol–water partition coefficient (Wildman–Crippen LogP) is 4.37. The summed E-state index contributed by atoms with van der Waals surface area (Å²) >= 11 is 2.59. The fourth-order valence-corrected chi connectivity index (χ4v) is 5.12. The summed E-state index contributed by atoms with van der Waals surface area (Å²) in [4.78, 5) is 36.9. The monoisotopic (exact) mass is 476 g/mol. The largest absolute Gasteiger partial charge is 0.301 e. The van der Waals surface area contributed by atoms with Crippen molar-refractivity contribution in [3.8, 4) is 5.69 Å². The molecule has 5 rings (SSSR count). The third-order valence-electron chi connectivity index (χ3n) is 5.35. The van der Waals surface area contributed by atoms with Crippen LogP contribution in [-0.2, 0) is 4.79 Å². The van der Waals surface area contributed by atoms with Crippen LogP contribution in [0.1, 0.15) is 16.7 Å². The number of H-pyrrole nitrogens is 1. The lowest BCUT2D eigenvalue weighted by molar-refractivity contribution is -0.113. The third-order valence-corrected chi connectivity index (χ3v) is 7.16. The van der Waals surface area contributed by atoms with Gasteiger partial charge in [0.15, 0.2) is 15.9 Å². The lowest BCUT2D eigenvalue weighted by Gasteiger charge is -2.09. The smallest absolute Gasteiger partial charge is 0.262 e. The van der Waals surface area contributed by atoms with E-state index in [-0.39, 0.29) is 17.2 Å². The Kier molecular flexibility index (Phi) is 5.47. The first-order valence-electron chi connectivity index (χ1n) is 10.2. The molecule has 0 aliphatic heterocycles. The topological polar surface area (TPSA) is 106 Å². The fourth-order valence-electron chi connectivity index (χ4n) is 3.48. The fraction of sp³-hybridized carbons (Fsp3) is 0.174. The number of nitrogens with zero attached hydrogens (tertiary/aromatic N) is 4. The molecule has 5 aromatic rings. The van der Waals surface area contributed by atoms with Crippen molar-refractivity contribution in [1.29, 1.82) is 0 Å². The van der Waals surface area contributed by atoms with Crippen LogP contribution in [-0.4, -0.2) is 36.4 Å². The Bertz CT molecular complexity index is 1580. The van der Waals surface area contributed by atoms with Crippen LogP contribution in [0.5, 0.6) is 0 Å². The molecule has 2 aromatic carbocycles. The molecule has 0 bridgehead atoms. The molecular weight excluding hydrogens is 456 g/mol. The van der Waals surface area contributed by atoms with Crippen LogP contribution in [0.25, 0.3) is 26.9 Å². The molecular formula is C23H20N6O2S2. The molecule has 166 valence electrons. The summed E-state index contributed by atoms with van der Waals surface area (Å²) in [6, 6.07) is 11.9. The lowest BCUT2D eigenvalue weighted by Crippen LogP contribution is -2.15. The van der Waals surface area contributed by atoms with E-state index in [0.717, 1.165) is 44.4 Å². The van der Waals surface area contributed by atoms with E-state index in [1.165, 1.54) is 17.5 Å². The Labute approximate surface area is 197 Å². The molecule has 0 fully saturated rings. The highest BCUT2D eigenvalue weighted by molar-refractivity contribution is 7.99. The maximum atomic E-state index is 12.6. The molecule has 0 radical (unpaired) electrons. The van der Waals surface area contributed by atoms with Crippen molar-refractivity contribution in [2.24, 2.45) is 0 Å². The number of aromatic nitrogens is 5. The number of carbonyl (C=O) groups is 1. The van der Waals surface area contributed by atoms with Gasteiger partial charge in [0, 0.05) is 0 Å². The van der Waals surface area contributed by atoms with E-state index in [9.17, 15) is 9.59 Å². The number of rotatable bonds is 5. The summed E-state index contributed by atoms with van der Waals surface area (Å²) in [7, 11) is 0. The predicted molar refractivity (Wildman–Crippen MR) is 133 cm³/mol. The highest BCUT2D eigenvalue weighted by Crippen LogP contribution is 2.27. The van der Waals surface area contributed by atoms with Crippen molar-refractivity contribution >= 4 is 55.4 Å². The summed E-state index contributed by atoms with van der Waals surface area (Å²) < 4.78 is 2.69. The van der Waals surface area contributed by atoms with Crippen molar-refractivity contribution in [2.75, 3.05) is 11.1 Å². The number of benzene rings is 2. The van der Waals surface area contributed by atoms with Gasteiger partial charge in [0.05, 0.1) is 27.9 Å². The minimum atomic E-state index is -0.291. The number of anilines is 1. The summed E-state index contributed by atoms with van der Waals surface area (Å²) in [5.41, 5.74) is 5.21. The molecule has 10 heteroatoms. The Morgan fingerprint density at radius 3 is 2.88 bits per heavy atom. The number of hydrogen-bond donors (Lipinski definition) is 2. The van der Waals surface area contributed by atoms with Crippen LogP contribution in [0.2, 0.25) is 0 Å². The maximum absolute atomic E-state index is 12.6. The number of nitrogens with one attached hydrogen (secondary N) is 2. The van der Waals surface area contributed by atoms with Crippen LogP contribution in [0.3, 0.4) is 0 Å². The van der Waals surface area contributed by atoms with Gasteiger partial charge in [-0.3, -0.25) is 9.59 Å². The molecule has 2 N–H and O–H groups in total. The van der Waals surface area contributed by atoms with E-state index in [1.807, 2.05) is 57.2 Å². The van der Waals surface area contributed by atoms with E-state index in [2.05, 4.69) is 25.4 Å². The molecule has 0 unspecified atom stereocenters. The van der Waals surface area contributed by atoms with E-state index in [0.29, 0.717) is 21.3 Å². The Morgan fingerprint density at radius 1 is 1.18 bits per heavy atom. The molecule has 0 aliphatic carbocycles. The number of fused-ring (bicyclic) bond motifs is 2. The Morgan fingerprint density at radius 2 is 2.03 bits per heavy atom. The van der Waals surface area contributed by atoms with Gasteiger partial charge in [-0.25, -0.2) is 14.6 Å². The number of aryl methyl sites for hydroxylation is 2. The van der Waals surface area contributed by atoms with Gasteiger partial charge >= 0.3 is 0 Å². The first kappa shape index (κ1) is 21.4. The quantitative estimate of drug-likeness (QED) is 0.288. The zero-order valence-electron chi connectivity index (χ0n) is 18.2. The summed E-state index contributed by atoms with van der Waals surface area (Å²) in [6.07, 6.45) is 1.51. The van der Waals surface area contributed by atoms with Crippen LogP contribution in [0.15, 0.2) is 52.5 Å². The van der Waals surface area contributed by atoms with E-state index in [1.54, 1.807) is 4.68 Å². The first-order valence-corrected chi connectivity index (χ1v) is 12.0. The second-order valence-corrected chi connectivity index (χ2v) is 9.71. The summed E-state index contributed by atoms with van der Waals surface area (Å²) in [6.45, 7) is 6.05. The molecule has 0 saturated heterocycles. The normalized spacial score (nSPS) is 11.4. The molecule has 33 heavy (non-hydrogen) atoms. The molecule has 0 spiro atoms. The number of carbonyl (C=O) groups excluding carboxylic acids is 1. The third kappa shape index (κ3) is 4.14. The number of aromatic amines is 1. The average molecular weight is 477 g/mol. The van der Waals surface area contributed by atoms with Crippen molar-refractivity contribution in [3.63, 3.8) is 0 Å². The van der Waals surface area contributed by atoms with Crippen molar-refractivity contribution < 1.29 is 4.79 Å². The van der Waals surface area contributed by atoms with Gasteiger partial charge in [0.1, 0.15) is 5.39 Å². The van der Waals surface area contributed by atoms with Crippen LogP contribution >= 0.6 is 23.1 Å². The first-order chi connectivity index (χ1) is 15.9. The standard InChI is InChI=1S/C23H20N6O2S2/c1-12-7-8-16-18(9-12)33-23(25-16)26-19(30)11-32-22-27-20-15(21(31)28-22)10-24-29(20)17-6-4-5-13(2)14(17)3/h4-10H,11H2,1-3H3,(H,25,26,30)(H,27,28,31). The minimum Gasteiger partial charge on any atom is -0.301 e. The number of hydrogen-bond acceptors (Lipinski definition) is 7. The van der Waals surface area contributed by atoms with Crippen LogP contribution in [0, 0.1) is 20.8 Å². The Balaban J connectivity index is 1.37. The van der Waals surface area contributed by atoms with E-state index < -0.39 is 0 Å². The van der Waals surface area contributed by atoms with E-state index in [4.69, 9.17) is 0 Å². The Hall–Kier alpha value is -3.50. The summed E-state index contributed by atoms with van der Waals surface area (Å²) in [5.74, 6) is -0.136. The molecule has 0 saturated carbocycles. The van der Waals surface area contributed by atoms with Crippen molar-refractivity contribution in [2.45, 2.75) is 25.9 Å². The van der Waals surface area contributed by atoms with Gasteiger partial charge < -0.3 is 10.3 Å². The molecule has 0 aliphatic rings. The molecule has 3 heterocycles. The van der Waals surface area contributed by atoms with E-state index >= 15 is 0 Å². The average Bonchev–Trinajstić information content (AvgIpc) is 3.38. The number of amides is 1. The highest BCUT2D eigenvalue weighted by Gasteiger charge is 2.15. The van der Waals surface area contributed by atoms with Gasteiger partial charge in [-0.1, -0.05) is 41.3 Å². The molecule has 1 amide bonds. The van der Waals surface area contributed by atoms with Crippen molar-refractivity contribution in [3.05, 3.63) is 69.6 Å². The second kappa shape index (κ2) is 8.45. The van der Waals surface area contributed by atoms with Crippen LogP contribution < -0.4 is 10.9 Å². The molecule has 3 aromatic heterocycles. The summed E-state index contributed by atoms with van der Waals surface area (Å²) in [5, 5.41) is 8.52. The van der Waals surface area contributed by atoms with Crippen LogP contribution in [0.4, 0.5) is 5.13 Å². The van der Waals surface area contributed by atoms with Gasteiger partial charge in [-0.15, -0.1) is 0 Å². The lowest BCUT2D eigenvalue weighted by atomic mass is 10.1. The zero-order valence-corrected chi connectivity index (χ0v) is 19.8. The minimum absolute atomic E-state index is 0.0843. The number of thioether (sulfide) groups is 1. The number of thiazole rings is 1. The van der Waals surface area contributed by atoms with Gasteiger partial charge in [0.2, 0.25) is 5.91 Å². The van der Waals surface area contributed by atoms with Gasteiger partial charge in [-0.2, -0.15) is 5.10 Å². The molecule has 8 nitrogen and oxygen atoms in total. The maximum Gasteiger partial charge on any atom is 0.262 e.